The summed E-state index contributed by atoms with van der Waals surface area (Å²) in [5.74, 6) is 0. The lowest BCUT2D eigenvalue weighted by Gasteiger charge is -2.41. The summed E-state index contributed by atoms with van der Waals surface area (Å²) >= 11 is 0. The van der Waals surface area contributed by atoms with E-state index >= 15 is 0 Å². The second kappa shape index (κ2) is 8.29. The van der Waals surface area contributed by atoms with Crippen LogP contribution >= 0.6 is 0 Å². The van der Waals surface area contributed by atoms with E-state index in [4.69, 9.17) is 0 Å². The summed E-state index contributed by atoms with van der Waals surface area (Å²) in [5, 5.41) is 14.4. The van der Waals surface area contributed by atoms with Crippen LogP contribution in [0.3, 0.4) is 0 Å². The number of aryl methyl sites for hydroxylation is 1. The molecule has 0 spiro atoms. The predicted molar refractivity (Wildman–Crippen MR) is 112 cm³/mol. The van der Waals surface area contributed by atoms with Crippen molar-refractivity contribution in [1.82, 2.24) is 14.7 Å². The van der Waals surface area contributed by atoms with Gasteiger partial charge in [0, 0.05) is 25.5 Å². The van der Waals surface area contributed by atoms with Gasteiger partial charge in [-0.15, -0.1) is 0 Å². The topological polar surface area (TPSA) is 41.3 Å². The second-order valence-electron chi connectivity index (χ2n) is 8.16. The molecule has 0 bridgehead atoms. The molecular formula is C24H29N3O. The molecule has 1 saturated heterocycles. The van der Waals surface area contributed by atoms with Gasteiger partial charge in [0.05, 0.1) is 5.69 Å². The summed E-state index contributed by atoms with van der Waals surface area (Å²) in [6, 6.07) is 19.1. The number of benzene rings is 2. The van der Waals surface area contributed by atoms with Crippen molar-refractivity contribution < 1.29 is 5.11 Å². The van der Waals surface area contributed by atoms with Crippen molar-refractivity contribution in [1.29, 1.82) is 0 Å². The molecule has 1 fully saturated rings. The Labute approximate surface area is 167 Å². The first-order valence-electron chi connectivity index (χ1n) is 10.1. The number of aliphatic hydroxyl groups excluding tert-OH is 1. The lowest BCUT2D eigenvalue weighted by molar-refractivity contribution is 0.0413. The molecule has 0 unspecified atom stereocenters. The first-order chi connectivity index (χ1) is 13.7. The monoisotopic (exact) mass is 375 g/mol. The average molecular weight is 376 g/mol. The smallest absolute Gasteiger partial charge is 0.0648 e. The van der Waals surface area contributed by atoms with Gasteiger partial charge in [0.25, 0.3) is 0 Å². The Kier molecular flexibility index (Phi) is 5.60. The molecule has 4 nitrogen and oxygen atoms in total. The Bertz CT molecular complexity index is 881. The van der Waals surface area contributed by atoms with Gasteiger partial charge < -0.3 is 5.11 Å². The van der Waals surface area contributed by atoms with E-state index in [0.29, 0.717) is 0 Å². The van der Waals surface area contributed by atoms with Gasteiger partial charge in [-0.3, -0.25) is 4.90 Å². The maximum absolute atomic E-state index is 10.1. The molecule has 2 heterocycles. The number of hydrogen-bond donors (Lipinski definition) is 1. The van der Waals surface area contributed by atoms with E-state index in [1.807, 2.05) is 16.9 Å². The zero-order chi connectivity index (χ0) is 19.4. The number of piperidine rings is 1. The highest BCUT2D eigenvalue weighted by molar-refractivity contribution is 5.39. The lowest BCUT2D eigenvalue weighted by atomic mass is 9.74. The van der Waals surface area contributed by atoms with Crippen LogP contribution in [0.15, 0.2) is 67.0 Å². The Morgan fingerprint density at radius 3 is 2.46 bits per heavy atom. The number of aromatic nitrogens is 2. The van der Waals surface area contributed by atoms with E-state index in [-0.39, 0.29) is 12.0 Å². The van der Waals surface area contributed by atoms with Crippen molar-refractivity contribution in [2.75, 3.05) is 19.7 Å². The zero-order valence-corrected chi connectivity index (χ0v) is 16.6. The van der Waals surface area contributed by atoms with Crippen LogP contribution in [-0.2, 0) is 13.0 Å². The molecule has 1 aliphatic heterocycles. The minimum absolute atomic E-state index is 0.0247. The van der Waals surface area contributed by atoms with Crippen molar-refractivity contribution in [3.05, 3.63) is 83.7 Å². The van der Waals surface area contributed by atoms with Crippen molar-refractivity contribution in [2.45, 2.75) is 32.7 Å². The summed E-state index contributed by atoms with van der Waals surface area (Å²) in [7, 11) is 0. The van der Waals surface area contributed by atoms with Crippen LogP contribution in [0.2, 0.25) is 0 Å². The fourth-order valence-corrected chi connectivity index (χ4v) is 4.27. The quantitative estimate of drug-likeness (QED) is 0.708. The fraction of sp³-hybridized carbons (Fsp3) is 0.375. The van der Waals surface area contributed by atoms with Crippen molar-refractivity contribution in [3.63, 3.8) is 0 Å². The summed E-state index contributed by atoms with van der Waals surface area (Å²) < 4.78 is 1.90. The zero-order valence-electron chi connectivity index (χ0n) is 16.6. The van der Waals surface area contributed by atoms with Gasteiger partial charge in [-0.05, 0) is 79.6 Å². The Morgan fingerprint density at radius 2 is 1.82 bits per heavy atom. The average Bonchev–Trinajstić information content (AvgIpc) is 3.27. The minimum Gasteiger partial charge on any atom is -0.396 e. The van der Waals surface area contributed by atoms with Crippen LogP contribution < -0.4 is 0 Å². The molecule has 0 radical (unpaired) electrons. The molecule has 28 heavy (non-hydrogen) atoms. The third-order valence-electron chi connectivity index (χ3n) is 6.16. The van der Waals surface area contributed by atoms with Gasteiger partial charge in [0.1, 0.15) is 0 Å². The van der Waals surface area contributed by atoms with E-state index in [2.05, 4.69) is 65.5 Å². The van der Waals surface area contributed by atoms with Crippen LogP contribution in [-0.4, -0.2) is 39.5 Å². The van der Waals surface area contributed by atoms with Crippen LogP contribution in [0.4, 0.5) is 0 Å². The molecule has 0 amide bonds. The molecule has 0 atom stereocenters. The first-order valence-corrected chi connectivity index (χ1v) is 10.1. The fourth-order valence-electron chi connectivity index (χ4n) is 4.27. The third kappa shape index (κ3) is 4.18. The van der Waals surface area contributed by atoms with E-state index in [0.717, 1.165) is 44.6 Å². The molecule has 0 saturated carbocycles. The second-order valence-corrected chi connectivity index (χ2v) is 8.16. The molecule has 4 heteroatoms. The molecule has 3 aromatic rings. The predicted octanol–water partition coefficient (Wildman–Crippen LogP) is 4.00. The SMILES string of the molecule is Cc1cc(-n2cccn2)ccc1CN1CCC(CO)(Cc2ccccc2)CC1. The standard InChI is InChI=1S/C24H29N3O/c1-20-16-23(27-13-5-12-25-27)9-8-22(20)18-26-14-10-24(19-28,11-15-26)17-21-6-3-2-4-7-21/h2-9,12-13,16,28H,10-11,14-15,17-19H2,1H3. The van der Waals surface area contributed by atoms with Crippen LogP contribution in [0.5, 0.6) is 0 Å². The van der Waals surface area contributed by atoms with Gasteiger partial charge in [0.15, 0.2) is 0 Å². The van der Waals surface area contributed by atoms with Crippen molar-refractivity contribution >= 4 is 0 Å². The Morgan fingerprint density at radius 1 is 1.04 bits per heavy atom. The highest BCUT2D eigenvalue weighted by Crippen LogP contribution is 2.35. The van der Waals surface area contributed by atoms with Gasteiger partial charge in [-0.1, -0.05) is 36.4 Å². The summed E-state index contributed by atoms with van der Waals surface area (Å²) in [4.78, 5) is 2.52. The van der Waals surface area contributed by atoms with Gasteiger partial charge in [-0.25, -0.2) is 4.68 Å². The number of aliphatic hydroxyl groups is 1. The number of hydrogen-bond acceptors (Lipinski definition) is 3. The summed E-state index contributed by atoms with van der Waals surface area (Å²) in [6.45, 7) is 5.49. The van der Waals surface area contributed by atoms with Crippen molar-refractivity contribution in [2.24, 2.45) is 5.41 Å². The highest BCUT2D eigenvalue weighted by atomic mass is 16.3. The molecule has 0 aliphatic carbocycles. The van der Waals surface area contributed by atoms with Gasteiger partial charge in [0.2, 0.25) is 0 Å². The highest BCUT2D eigenvalue weighted by Gasteiger charge is 2.34. The Balaban J connectivity index is 1.39. The maximum atomic E-state index is 10.1. The molecule has 2 aromatic carbocycles. The molecule has 4 rings (SSSR count). The molecular weight excluding hydrogens is 346 g/mol. The van der Waals surface area contributed by atoms with Gasteiger partial charge in [-0.2, -0.15) is 5.10 Å². The van der Waals surface area contributed by atoms with E-state index < -0.39 is 0 Å². The summed E-state index contributed by atoms with van der Waals surface area (Å²) in [5.41, 5.74) is 5.13. The maximum Gasteiger partial charge on any atom is 0.0648 e. The molecule has 1 N–H and O–H groups in total. The van der Waals surface area contributed by atoms with E-state index in [1.54, 1.807) is 6.20 Å². The molecule has 1 aromatic heterocycles. The van der Waals surface area contributed by atoms with E-state index in [1.165, 1.54) is 16.7 Å². The minimum atomic E-state index is 0.0247. The van der Waals surface area contributed by atoms with Gasteiger partial charge >= 0.3 is 0 Å². The molecule has 1 aliphatic rings. The lowest BCUT2D eigenvalue weighted by Crippen LogP contribution is -2.43. The van der Waals surface area contributed by atoms with Crippen LogP contribution in [0.1, 0.15) is 29.5 Å². The largest absolute Gasteiger partial charge is 0.396 e. The van der Waals surface area contributed by atoms with Crippen LogP contribution in [0.25, 0.3) is 5.69 Å². The van der Waals surface area contributed by atoms with Crippen LogP contribution in [0, 0.1) is 12.3 Å². The summed E-state index contributed by atoms with van der Waals surface area (Å²) in [6.07, 6.45) is 6.83. The number of likely N-dealkylation sites (tertiary alicyclic amines) is 1. The number of rotatable bonds is 6. The van der Waals surface area contributed by atoms with E-state index in [9.17, 15) is 5.11 Å². The normalized spacial score (nSPS) is 16.9. The number of nitrogens with zero attached hydrogens (tertiary/aromatic N) is 3. The van der Waals surface area contributed by atoms with Crippen molar-refractivity contribution in [3.8, 4) is 5.69 Å². The third-order valence-corrected chi connectivity index (χ3v) is 6.16. The Hall–Kier alpha value is -2.43. The molecule has 146 valence electrons. The first kappa shape index (κ1) is 18.9.